The average Bonchev–Trinajstić information content (AvgIpc) is 2.56. The standard InChI is InChI=1S/C18H23N3O4/c1-5-18(4,17(24)25)19-15(22)14-12-8-6-7-9-13(12)16(23)21(20-14)10-11(2)3/h6-9,11H,5,10H2,1-4H3,(H,19,22)(H,24,25). The predicted octanol–water partition coefficient (Wildman–Crippen LogP) is 2.04. The number of nitrogens with one attached hydrogen (secondary N) is 1. The zero-order valence-electron chi connectivity index (χ0n) is 14.9. The van der Waals surface area contributed by atoms with Gasteiger partial charge in [0.05, 0.1) is 5.39 Å². The van der Waals surface area contributed by atoms with Crippen LogP contribution in [0.1, 0.15) is 44.6 Å². The SMILES string of the molecule is CCC(C)(NC(=O)c1nn(CC(C)C)c(=O)c2ccccc12)C(=O)O. The lowest BCUT2D eigenvalue weighted by molar-refractivity contribution is -0.143. The summed E-state index contributed by atoms with van der Waals surface area (Å²) < 4.78 is 1.27. The van der Waals surface area contributed by atoms with Gasteiger partial charge < -0.3 is 10.4 Å². The summed E-state index contributed by atoms with van der Waals surface area (Å²) in [6, 6.07) is 6.72. The number of benzene rings is 1. The number of amides is 1. The number of nitrogens with zero attached hydrogens (tertiary/aromatic N) is 2. The second-order valence-corrected chi connectivity index (χ2v) is 6.72. The first-order valence-corrected chi connectivity index (χ1v) is 8.25. The molecule has 0 saturated heterocycles. The van der Waals surface area contributed by atoms with E-state index in [1.165, 1.54) is 11.6 Å². The van der Waals surface area contributed by atoms with Gasteiger partial charge in [-0.15, -0.1) is 0 Å². The molecule has 0 radical (unpaired) electrons. The number of aromatic nitrogens is 2. The van der Waals surface area contributed by atoms with Gasteiger partial charge in [0.2, 0.25) is 0 Å². The Morgan fingerprint density at radius 1 is 1.28 bits per heavy atom. The van der Waals surface area contributed by atoms with Crippen molar-refractivity contribution in [3.05, 3.63) is 40.3 Å². The molecule has 1 unspecified atom stereocenters. The summed E-state index contributed by atoms with van der Waals surface area (Å²) in [5, 5.41) is 16.9. The maximum atomic E-state index is 12.7. The van der Waals surface area contributed by atoms with Crippen molar-refractivity contribution in [1.82, 2.24) is 15.1 Å². The molecule has 0 fully saturated rings. The number of fused-ring (bicyclic) bond motifs is 1. The average molecular weight is 345 g/mol. The van der Waals surface area contributed by atoms with E-state index in [1.54, 1.807) is 31.2 Å². The first kappa shape index (κ1) is 18.6. The molecule has 1 aromatic carbocycles. The molecular weight excluding hydrogens is 322 g/mol. The second kappa shape index (κ2) is 7.04. The third-order valence-corrected chi connectivity index (χ3v) is 4.19. The third-order valence-electron chi connectivity index (χ3n) is 4.19. The predicted molar refractivity (Wildman–Crippen MR) is 94.6 cm³/mol. The van der Waals surface area contributed by atoms with Crippen LogP contribution in [0.5, 0.6) is 0 Å². The summed E-state index contributed by atoms with van der Waals surface area (Å²) in [6.45, 7) is 7.39. The highest BCUT2D eigenvalue weighted by molar-refractivity contribution is 6.06. The highest BCUT2D eigenvalue weighted by Crippen LogP contribution is 2.16. The van der Waals surface area contributed by atoms with E-state index in [0.29, 0.717) is 17.3 Å². The minimum atomic E-state index is -1.40. The quantitative estimate of drug-likeness (QED) is 0.834. The van der Waals surface area contributed by atoms with Crippen molar-refractivity contribution in [3.8, 4) is 0 Å². The summed E-state index contributed by atoms with van der Waals surface area (Å²) >= 11 is 0. The van der Waals surface area contributed by atoms with Crippen molar-refractivity contribution in [2.24, 2.45) is 5.92 Å². The maximum Gasteiger partial charge on any atom is 0.329 e. The Bertz CT molecular complexity index is 872. The largest absolute Gasteiger partial charge is 0.480 e. The molecule has 1 atom stereocenters. The molecule has 134 valence electrons. The van der Waals surface area contributed by atoms with Crippen molar-refractivity contribution in [1.29, 1.82) is 0 Å². The summed E-state index contributed by atoms with van der Waals surface area (Å²) in [5.74, 6) is -1.56. The fourth-order valence-electron chi connectivity index (χ4n) is 2.48. The number of rotatable bonds is 6. The van der Waals surface area contributed by atoms with Crippen LogP contribution < -0.4 is 10.9 Å². The molecule has 1 heterocycles. The highest BCUT2D eigenvalue weighted by atomic mass is 16.4. The minimum Gasteiger partial charge on any atom is -0.480 e. The lowest BCUT2D eigenvalue weighted by Gasteiger charge is -2.24. The molecule has 2 N–H and O–H groups in total. The lowest BCUT2D eigenvalue weighted by Crippen LogP contribution is -2.52. The first-order valence-electron chi connectivity index (χ1n) is 8.25. The van der Waals surface area contributed by atoms with Gasteiger partial charge in [0.15, 0.2) is 5.69 Å². The Hall–Kier alpha value is -2.70. The van der Waals surface area contributed by atoms with Crippen LogP contribution in [0.15, 0.2) is 29.1 Å². The molecule has 0 bridgehead atoms. The van der Waals surface area contributed by atoms with Crippen LogP contribution in [-0.4, -0.2) is 32.3 Å². The molecule has 2 rings (SSSR count). The summed E-state index contributed by atoms with van der Waals surface area (Å²) in [4.78, 5) is 36.8. The maximum absolute atomic E-state index is 12.7. The summed E-state index contributed by atoms with van der Waals surface area (Å²) in [7, 11) is 0. The molecular formula is C18H23N3O4. The Balaban J connectivity index is 2.60. The molecule has 0 spiro atoms. The molecule has 7 nitrogen and oxygen atoms in total. The molecule has 1 aromatic heterocycles. The van der Waals surface area contributed by atoms with Gasteiger partial charge in [-0.05, 0) is 25.3 Å². The Labute approximate surface area is 145 Å². The van der Waals surface area contributed by atoms with Crippen molar-refractivity contribution in [2.75, 3.05) is 0 Å². The zero-order valence-corrected chi connectivity index (χ0v) is 14.9. The number of carbonyl (C=O) groups is 2. The van der Waals surface area contributed by atoms with Gasteiger partial charge in [0, 0.05) is 11.9 Å². The van der Waals surface area contributed by atoms with Crippen LogP contribution >= 0.6 is 0 Å². The van der Waals surface area contributed by atoms with Crippen LogP contribution in [0.4, 0.5) is 0 Å². The van der Waals surface area contributed by atoms with Gasteiger partial charge >= 0.3 is 5.97 Å². The van der Waals surface area contributed by atoms with Gasteiger partial charge in [-0.25, -0.2) is 9.48 Å². The topological polar surface area (TPSA) is 101 Å². The van der Waals surface area contributed by atoms with Gasteiger partial charge in [-0.3, -0.25) is 9.59 Å². The van der Waals surface area contributed by atoms with Crippen molar-refractivity contribution in [3.63, 3.8) is 0 Å². The van der Waals surface area contributed by atoms with Crippen LogP contribution in [0.3, 0.4) is 0 Å². The Morgan fingerprint density at radius 2 is 1.88 bits per heavy atom. The number of aliphatic carboxylic acids is 1. The van der Waals surface area contributed by atoms with Crippen LogP contribution in [-0.2, 0) is 11.3 Å². The lowest BCUT2D eigenvalue weighted by atomic mass is 9.98. The Morgan fingerprint density at radius 3 is 2.40 bits per heavy atom. The molecule has 0 aliphatic carbocycles. The molecule has 0 aliphatic heterocycles. The van der Waals surface area contributed by atoms with E-state index in [-0.39, 0.29) is 23.6 Å². The molecule has 7 heteroatoms. The van der Waals surface area contributed by atoms with E-state index in [4.69, 9.17) is 0 Å². The fourth-order valence-corrected chi connectivity index (χ4v) is 2.48. The van der Waals surface area contributed by atoms with E-state index in [2.05, 4.69) is 10.4 Å². The number of carboxylic acids is 1. The smallest absolute Gasteiger partial charge is 0.329 e. The van der Waals surface area contributed by atoms with Crippen LogP contribution in [0.2, 0.25) is 0 Å². The number of hydrogen-bond donors (Lipinski definition) is 2. The Kier molecular flexibility index (Phi) is 5.25. The van der Waals surface area contributed by atoms with Gasteiger partial charge in [0.25, 0.3) is 11.5 Å². The van der Waals surface area contributed by atoms with Crippen LogP contribution in [0.25, 0.3) is 10.8 Å². The molecule has 2 aromatic rings. The number of hydrogen-bond acceptors (Lipinski definition) is 4. The second-order valence-electron chi connectivity index (χ2n) is 6.72. The van der Waals surface area contributed by atoms with Crippen molar-refractivity contribution >= 4 is 22.6 Å². The molecule has 1 amide bonds. The zero-order chi connectivity index (χ0) is 18.8. The van der Waals surface area contributed by atoms with Crippen molar-refractivity contribution < 1.29 is 14.7 Å². The number of carboxylic acid groups (broad SMARTS) is 1. The van der Waals surface area contributed by atoms with Gasteiger partial charge in [0.1, 0.15) is 5.54 Å². The van der Waals surface area contributed by atoms with E-state index < -0.39 is 17.4 Å². The van der Waals surface area contributed by atoms with Gasteiger partial charge in [-0.2, -0.15) is 5.10 Å². The normalized spacial score (nSPS) is 13.6. The van der Waals surface area contributed by atoms with Gasteiger partial charge in [-0.1, -0.05) is 39.0 Å². The van der Waals surface area contributed by atoms with E-state index in [0.717, 1.165) is 0 Å². The van der Waals surface area contributed by atoms with E-state index >= 15 is 0 Å². The number of carbonyl (C=O) groups excluding carboxylic acids is 1. The fraction of sp³-hybridized carbons (Fsp3) is 0.444. The monoisotopic (exact) mass is 345 g/mol. The molecule has 0 aliphatic rings. The van der Waals surface area contributed by atoms with Crippen molar-refractivity contribution in [2.45, 2.75) is 46.2 Å². The molecule has 25 heavy (non-hydrogen) atoms. The van der Waals surface area contributed by atoms with Crippen LogP contribution in [0, 0.1) is 5.92 Å². The van der Waals surface area contributed by atoms with E-state index in [1.807, 2.05) is 13.8 Å². The highest BCUT2D eigenvalue weighted by Gasteiger charge is 2.34. The summed E-state index contributed by atoms with van der Waals surface area (Å²) in [6.07, 6.45) is 0.220. The first-order chi connectivity index (χ1) is 11.7. The third kappa shape index (κ3) is 3.70. The summed E-state index contributed by atoms with van der Waals surface area (Å²) in [5.41, 5.74) is -1.62. The molecule has 0 saturated carbocycles. The minimum absolute atomic E-state index is 0.0526. The van der Waals surface area contributed by atoms with E-state index in [9.17, 15) is 19.5 Å².